The largest absolute Gasteiger partial charge is 0.462 e. The van der Waals surface area contributed by atoms with Crippen LogP contribution in [0, 0.1) is 5.92 Å². The number of carbonyl (C=O) groups excluding carboxylic acids is 1. The number of benzene rings is 2. The zero-order chi connectivity index (χ0) is 21.6. The van der Waals surface area contributed by atoms with Gasteiger partial charge in [-0.25, -0.2) is 4.79 Å². The fraction of sp³-hybridized carbons (Fsp3) is 0.346. The lowest BCUT2D eigenvalue weighted by Gasteiger charge is -2.43. The lowest BCUT2D eigenvalue weighted by atomic mass is 9.96. The number of rotatable bonds is 8. The molecule has 0 saturated carbocycles. The Morgan fingerprint density at radius 3 is 2.10 bits per heavy atom. The molecule has 0 amide bonds. The number of esters is 1. The Kier molecular flexibility index (Phi) is 7.11. The van der Waals surface area contributed by atoms with E-state index in [1.54, 1.807) is 0 Å². The molecule has 1 aliphatic rings. The number of cyclic esters (lactones) is 1. The van der Waals surface area contributed by atoms with Crippen molar-refractivity contribution in [2.45, 2.75) is 38.7 Å². The van der Waals surface area contributed by atoms with E-state index in [1.165, 1.54) is 16.4 Å². The summed E-state index contributed by atoms with van der Waals surface area (Å²) in [5.41, 5.74) is 1.09. The van der Waals surface area contributed by atoms with E-state index in [-0.39, 0.29) is 16.9 Å². The summed E-state index contributed by atoms with van der Waals surface area (Å²) in [6.07, 6.45) is 5.14. The summed E-state index contributed by atoms with van der Waals surface area (Å²) in [7, 11) is -2.48. The SMILES string of the molecule is C=C(CCCO[Si](c1ccccc1)(c1ccccc1)C(C)(C)C)C1C=CC(=O)OC1. The van der Waals surface area contributed by atoms with Crippen LogP contribution in [-0.4, -0.2) is 27.5 Å². The minimum absolute atomic E-state index is 0.0208. The van der Waals surface area contributed by atoms with Gasteiger partial charge in [0.15, 0.2) is 0 Å². The maximum atomic E-state index is 11.2. The average Bonchev–Trinajstić information content (AvgIpc) is 2.74. The van der Waals surface area contributed by atoms with E-state index in [1.807, 2.05) is 6.08 Å². The van der Waals surface area contributed by atoms with E-state index < -0.39 is 8.32 Å². The van der Waals surface area contributed by atoms with E-state index in [2.05, 4.69) is 88.0 Å². The first-order valence-electron chi connectivity index (χ1n) is 10.6. The minimum Gasteiger partial charge on any atom is -0.462 e. The molecule has 1 aliphatic heterocycles. The van der Waals surface area contributed by atoms with Crippen molar-refractivity contribution in [3.63, 3.8) is 0 Å². The summed E-state index contributed by atoms with van der Waals surface area (Å²) in [6.45, 7) is 12.2. The van der Waals surface area contributed by atoms with Gasteiger partial charge in [-0.05, 0) is 28.3 Å². The molecule has 2 aromatic rings. The molecular weight excluding hydrogens is 388 g/mol. The summed E-state index contributed by atoms with van der Waals surface area (Å²) >= 11 is 0. The second-order valence-electron chi connectivity index (χ2n) is 8.87. The summed E-state index contributed by atoms with van der Waals surface area (Å²) < 4.78 is 12.0. The summed E-state index contributed by atoms with van der Waals surface area (Å²) in [5, 5.41) is 2.57. The molecule has 0 bridgehead atoms. The number of hydrogen-bond acceptors (Lipinski definition) is 3. The molecule has 0 fully saturated rings. The summed E-state index contributed by atoms with van der Waals surface area (Å²) in [4.78, 5) is 11.2. The maximum absolute atomic E-state index is 11.2. The van der Waals surface area contributed by atoms with Crippen LogP contribution in [0.15, 0.2) is 85.0 Å². The molecule has 1 unspecified atom stereocenters. The van der Waals surface area contributed by atoms with Gasteiger partial charge in [0.1, 0.15) is 6.61 Å². The molecule has 4 heteroatoms. The van der Waals surface area contributed by atoms with Crippen molar-refractivity contribution in [3.8, 4) is 0 Å². The predicted octanol–water partition coefficient (Wildman–Crippen LogP) is 4.63. The Bertz CT molecular complexity index is 842. The molecule has 0 aromatic heterocycles. The zero-order valence-corrected chi connectivity index (χ0v) is 19.3. The Morgan fingerprint density at radius 1 is 1.07 bits per heavy atom. The fourth-order valence-electron chi connectivity index (χ4n) is 4.20. The highest BCUT2D eigenvalue weighted by Gasteiger charge is 2.49. The molecule has 3 rings (SSSR count). The van der Waals surface area contributed by atoms with Crippen LogP contribution in [0.5, 0.6) is 0 Å². The van der Waals surface area contributed by atoms with Gasteiger partial charge in [-0.2, -0.15) is 0 Å². The van der Waals surface area contributed by atoms with E-state index in [9.17, 15) is 4.79 Å². The highest BCUT2D eigenvalue weighted by molar-refractivity contribution is 6.99. The van der Waals surface area contributed by atoms with Crippen molar-refractivity contribution in [3.05, 3.63) is 85.0 Å². The third kappa shape index (κ3) is 4.82. The van der Waals surface area contributed by atoms with Crippen LogP contribution >= 0.6 is 0 Å². The molecule has 0 saturated heterocycles. The zero-order valence-electron chi connectivity index (χ0n) is 18.3. The molecule has 3 nitrogen and oxygen atoms in total. The molecule has 2 aromatic carbocycles. The third-order valence-corrected chi connectivity index (χ3v) is 10.8. The van der Waals surface area contributed by atoms with Crippen LogP contribution in [0.3, 0.4) is 0 Å². The second-order valence-corrected chi connectivity index (χ2v) is 13.2. The highest BCUT2D eigenvalue weighted by Crippen LogP contribution is 2.37. The van der Waals surface area contributed by atoms with E-state index in [0.29, 0.717) is 13.2 Å². The quantitative estimate of drug-likeness (QED) is 0.270. The standard InChI is InChI=1S/C26H32O3Si/c1-21(22-17-18-25(27)28-20-22)12-11-19-29-30(26(2,3)4,23-13-7-5-8-14-23)24-15-9-6-10-16-24/h5-10,13-18,22H,1,11-12,19-20H2,2-4H3. The molecule has 0 spiro atoms. The van der Waals surface area contributed by atoms with Gasteiger partial charge >= 0.3 is 5.97 Å². The number of ether oxygens (including phenoxy) is 1. The molecule has 30 heavy (non-hydrogen) atoms. The Hall–Kier alpha value is -2.43. The first kappa shape index (κ1) is 22.3. The van der Waals surface area contributed by atoms with Crippen LogP contribution in [0.25, 0.3) is 0 Å². The molecule has 0 radical (unpaired) electrons. The summed E-state index contributed by atoms with van der Waals surface area (Å²) in [6, 6.07) is 21.4. The van der Waals surface area contributed by atoms with Crippen molar-refractivity contribution in [1.82, 2.24) is 0 Å². The van der Waals surface area contributed by atoms with Gasteiger partial charge in [-0.15, -0.1) is 0 Å². The van der Waals surface area contributed by atoms with E-state index in [4.69, 9.17) is 9.16 Å². The Balaban J connectivity index is 1.78. The average molecular weight is 421 g/mol. The predicted molar refractivity (Wildman–Crippen MR) is 126 cm³/mol. The topological polar surface area (TPSA) is 35.5 Å². The normalized spacial score (nSPS) is 16.9. The van der Waals surface area contributed by atoms with Crippen LogP contribution in [0.1, 0.15) is 33.6 Å². The maximum Gasteiger partial charge on any atom is 0.330 e. The third-order valence-electron chi connectivity index (χ3n) is 5.77. The lowest BCUT2D eigenvalue weighted by Crippen LogP contribution is -2.66. The smallest absolute Gasteiger partial charge is 0.330 e. The van der Waals surface area contributed by atoms with E-state index >= 15 is 0 Å². The Labute approximate surface area is 181 Å². The van der Waals surface area contributed by atoms with Crippen molar-refractivity contribution < 1.29 is 14.0 Å². The molecular formula is C26H32O3Si. The Morgan fingerprint density at radius 2 is 1.63 bits per heavy atom. The van der Waals surface area contributed by atoms with Gasteiger partial charge in [0.05, 0.1) is 0 Å². The first-order valence-corrected chi connectivity index (χ1v) is 12.5. The molecule has 0 aliphatic carbocycles. The summed E-state index contributed by atoms with van der Waals surface area (Å²) in [5.74, 6) is -0.162. The lowest BCUT2D eigenvalue weighted by molar-refractivity contribution is -0.139. The molecule has 0 N–H and O–H groups in total. The van der Waals surface area contributed by atoms with Gasteiger partial charge in [0, 0.05) is 18.6 Å². The van der Waals surface area contributed by atoms with Gasteiger partial charge in [-0.1, -0.05) is 99.7 Å². The fourth-order valence-corrected chi connectivity index (χ4v) is 8.80. The molecule has 1 atom stereocenters. The molecule has 1 heterocycles. The highest BCUT2D eigenvalue weighted by atomic mass is 28.4. The van der Waals surface area contributed by atoms with Crippen LogP contribution in [0.2, 0.25) is 5.04 Å². The second kappa shape index (κ2) is 9.58. The van der Waals surface area contributed by atoms with Gasteiger partial charge in [0.25, 0.3) is 8.32 Å². The van der Waals surface area contributed by atoms with Crippen molar-refractivity contribution in [2.24, 2.45) is 5.92 Å². The van der Waals surface area contributed by atoms with Crippen LogP contribution < -0.4 is 10.4 Å². The van der Waals surface area contributed by atoms with Crippen molar-refractivity contribution >= 4 is 24.7 Å². The monoisotopic (exact) mass is 420 g/mol. The first-order chi connectivity index (χ1) is 14.3. The van der Waals surface area contributed by atoms with Crippen molar-refractivity contribution in [2.75, 3.05) is 13.2 Å². The van der Waals surface area contributed by atoms with Crippen LogP contribution in [-0.2, 0) is 14.0 Å². The number of hydrogen-bond donors (Lipinski definition) is 0. The van der Waals surface area contributed by atoms with Gasteiger partial charge < -0.3 is 9.16 Å². The van der Waals surface area contributed by atoms with E-state index in [0.717, 1.165) is 18.4 Å². The van der Waals surface area contributed by atoms with Crippen LogP contribution in [0.4, 0.5) is 0 Å². The van der Waals surface area contributed by atoms with Crippen molar-refractivity contribution in [1.29, 1.82) is 0 Å². The minimum atomic E-state index is -2.48. The molecule has 158 valence electrons. The van der Waals surface area contributed by atoms with Gasteiger partial charge in [-0.3, -0.25) is 0 Å². The number of carbonyl (C=O) groups is 1. The van der Waals surface area contributed by atoms with Gasteiger partial charge in [0.2, 0.25) is 0 Å².